The molecule has 5 aromatic rings. The topological polar surface area (TPSA) is 198 Å². The smallest absolute Gasteiger partial charge is 0.465 e. The van der Waals surface area contributed by atoms with Crippen LogP contribution in [0.5, 0.6) is 11.5 Å². The van der Waals surface area contributed by atoms with E-state index in [1.54, 1.807) is 30.5 Å². The SMILES string of the molecule is CC1(C)CCC(CN2CCN(c3ccc(C(=O)NS(=O)(=O)c4ccc(NCCCN5C[C@@H]6C[C@H]5CN6C(=O)O)c(S(=O)(=O)C(F)(F)F)c4)c(Oc4cnc5[nH]ccc5c4)c3)CC2)=C(c2ccc(Cl)cc2)C1. The van der Waals surface area contributed by atoms with Crippen LogP contribution in [0, 0.1) is 5.41 Å². The number of nitrogens with one attached hydrogen (secondary N) is 3. The van der Waals surface area contributed by atoms with Crippen molar-refractivity contribution in [1.29, 1.82) is 0 Å². The number of carbonyl (C=O) groups is 2. The highest BCUT2D eigenvalue weighted by Crippen LogP contribution is 2.44. The number of hydrogen-bond acceptors (Lipinski definition) is 12. The summed E-state index contributed by atoms with van der Waals surface area (Å²) in [6, 6.07) is 18.2. The van der Waals surface area contributed by atoms with Gasteiger partial charge in [-0.1, -0.05) is 43.2 Å². The predicted octanol–water partition coefficient (Wildman–Crippen LogP) is 8.45. The molecule has 0 unspecified atom stereocenters. The largest absolute Gasteiger partial charge is 0.501 e. The predicted molar refractivity (Wildman–Crippen MR) is 263 cm³/mol. The molecular formula is C49H54ClF3N8O8S2. The van der Waals surface area contributed by atoms with Crippen LogP contribution in [-0.4, -0.2) is 135 Å². The zero-order chi connectivity index (χ0) is 50.5. The molecule has 3 aliphatic heterocycles. The van der Waals surface area contributed by atoms with E-state index in [0.29, 0.717) is 73.4 Å². The van der Waals surface area contributed by atoms with Crippen LogP contribution in [0.2, 0.25) is 5.02 Å². The molecule has 3 aromatic carbocycles. The number of pyridine rings is 1. The number of ether oxygens (including phenoxy) is 1. The van der Waals surface area contributed by atoms with E-state index in [-0.39, 0.29) is 41.1 Å². The first-order valence-corrected chi connectivity index (χ1v) is 26.7. The van der Waals surface area contributed by atoms with E-state index in [9.17, 15) is 44.7 Å². The number of piperazine rings is 2. The minimum atomic E-state index is -6.10. The number of amides is 2. The van der Waals surface area contributed by atoms with E-state index in [1.165, 1.54) is 33.9 Å². The molecule has 2 atom stereocenters. The third kappa shape index (κ3) is 10.8. The quantitative estimate of drug-likeness (QED) is 0.0730. The standard InChI is InChI=1S/C49H54ClF3N8O8S2/c1-48(2)14-12-33(41(26-48)31-4-6-34(50)7-5-31)28-58-18-20-59(21-19-58)35-8-10-40(43(24-35)69-38-22-32-13-16-55-45(32)56-27-38)46(62)57-71(67,68)39-9-11-42(44(25-39)70(65,66)49(51,52)53)54-15-3-17-60-29-37-23-36(60)30-61(37)47(63)64/h4-11,13,16,22,24-25,27,36-37,54H,3,12,14-15,17-21,23,26,28-30H2,1-2H3,(H,55,56)(H,57,62)(H,63,64)/t36-,37-/m0/s1. The molecule has 4 aliphatic rings. The van der Waals surface area contributed by atoms with Gasteiger partial charge in [0.25, 0.3) is 25.8 Å². The maximum atomic E-state index is 14.1. The lowest BCUT2D eigenvalue weighted by Gasteiger charge is -2.39. The number of nitrogens with zero attached hydrogens (tertiary/aromatic N) is 5. The van der Waals surface area contributed by atoms with Crippen molar-refractivity contribution < 1.29 is 49.4 Å². The number of aromatic nitrogens is 2. The maximum Gasteiger partial charge on any atom is 0.501 e. The molecule has 1 aliphatic carbocycles. The van der Waals surface area contributed by atoms with Gasteiger partial charge in [-0.05, 0) is 103 Å². The van der Waals surface area contributed by atoms with Gasteiger partial charge in [0.15, 0.2) is 0 Å². The monoisotopic (exact) mass is 1040 g/mol. The van der Waals surface area contributed by atoms with Crippen LogP contribution in [0.4, 0.5) is 29.3 Å². The summed E-state index contributed by atoms with van der Waals surface area (Å²) in [5.74, 6) is -0.978. The molecule has 2 aromatic heterocycles. The molecule has 378 valence electrons. The Morgan fingerprint density at radius 2 is 1.72 bits per heavy atom. The first kappa shape index (κ1) is 50.1. The maximum absolute atomic E-state index is 14.1. The van der Waals surface area contributed by atoms with Gasteiger partial charge in [-0.3, -0.25) is 14.6 Å². The number of carbonyl (C=O) groups excluding carboxylic acids is 1. The molecule has 22 heteroatoms. The minimum absolute atomic E-state index is 0.00354. The average Bonchev–Trinajstić information content (AvgIpc) is 4.08. The van der Waals surface area contributed by atoms with Crippen molar-refractivity contribution in [2.45, 2.75) is 73.3 Å². The van der Waals surface area contributed by atoms with Gasteiger partial charge in [-0.25, -0.2) is 31.3 Å². The first-order valence-electron chi connectivity index (χ1n) is 23.3. The highest BCUT2D eigenvalue weighted by atomic mass is 35.5. The highest BCUT2D eigenvalue weighted by Gasteiger charge is 2.49. The molecular weight excluding hydrogens is 985 g/mol. The number of hydrogen-bond donors (Lipinski definition) is 4. The molecule has 5 heterocycles. The Balaban J connectivity index is 0.919. The first-order chi connectivity index (χ1) is 33.6. The Labute approximate surface area is 414 Å². The minimum Gasteiger partial charge on any atom is -0.465 e. The van der Waals surface area contributed by atoms with Gasteiger partial charge in [0, 0.05) is 99.3 Å². The van der Waals surface area contributed by atoms with Gasteiger partial charge in [-0.2, -0.15) is 13.2 Å². The summed E-state index contributed by atoms with van der Waals surface area (Å²) >= 11 is 6.23. The van der Waals surface area contributed by atoms with E-state index in [0.717, 1.165) is 51.0 Å². The van der Waals surface area contributed by atoms with Gasteiger partial charge in [0.1, 0.15) is 22.0 Å². The molecule has 4 N–H and O–H groups in total. The zero-order valence-electron chi connectivity index (χ0n) is 39.0. The van der Waals surface area contributed by atoms with Crippen molar-refractivity contribution in [2.24, 2.45) is 5.41 Å². The van der Waals surface area contributed by atoms with Crippen molar-refractivity contribution in [3.8, 4) is 11.5 Å². The number of allylic oxidation sites excluding steroid dienone is 1. The third-order valence-electron chi connectivity index (χ3n) is 14.0. The lowest BCUT2D eigenvalue weighted by atomic mass is 9.72. The van der Waals surface area contributed by atoms with E-state index in [4.69, 9.17) is 16.3 Å². The van der Waals surface area contributed by atoms with Crippen LogP contribution in [0.1, 0.15) is 61.9 Å². The fourth-order valence-electron chi connectivity index (χ4n) is 10.1. The number of aromatic amines is 1. The van der Waals surface area contributed by atoms with Gasteiger partial charge in [0.2, 0.25) is 0 Å². The summed E-state index contributed by atoms with van der Waals surface area (Å²) in [5.41, 5.74) is -1.09. The normalized spacial score (nSPS) is 19.9. The number of H-pyrrole nitrogens is 1. The fourth-order valence-corrected chi connectivity index (χ4v) is 12.3. The van der Waals surface area contributed by atoms with Gasteiger partial charge >= 0.3 is 11.6 Å². The Bertz CT molecular complexity index is 3110. The Morgan fingerprint density at radius 1 is 0.958 bits per heavy atom. The van der Waals surface area contributed by atoms with Crippen LogP contribution in [-0.2, 0) is 19.9 Å². The number of rotatable bonds is 15. The number of anilines is 2. The molecule has 0 spiro atoms. The lowest BCUT2D eigenvalue weighted by Crippen LogP contribution is -2.48. The molecule has 71 heavy (non-hydrogen) atoms. The molecule has 0 saturated carbocycles. The summed E-state index contributed by atoms with van der Waals surface area (Å²) in [7, 11) is -11.1. The summed E-state index contributed by atoms with van der Waals surface area (Å²) in [5, 5.41) is 13.5. The van der Waals surface area contributed by atoms with E-state index < -0.39 is 52.8 Å². The number of benzene rings is 3. The summed E-state index contributed by atoms with van der Waals surface area (Å²) < 4.78 is 104. The molecule has 3 fully saturated rings. The summed E-state index contributed by atoms with van der Waals surface area (Å²) in [6.07, 6.45) is 6.21. The molecule has 9 rings (SSSR count). The second kappa shape index (κ2) is 19.6. The van der Waals surface area contributed by atoms with Crippen molar-refractivity contribution >= 4 is 71.4 Å². The van der Waals surface area contributed by atoms with Gasteiger partial charge in [-0.15, -0.1) is 0 Å². The van der Waals surface area contributed by atoms with Crippen molar-refractivity contribution in [3.63, 3.8) is 0 Å². The second-order valence-electron chi connectivity index (χ2n) is 19.4. The Hall–Kier alpha value is -5.87. The highest BCUT2D eigenvalue weighted by molar-refractivity contribution is 7.92. The van der Waals surface area contributed by atoms with Crippen LogP contribution in [0.3, 0.4) is 0 Å². The van der Waals surface area contributed by atoms with Crippen LogP contribution < -0.4 is 19.7 Å². The molecule has 3 saturated heterocycles. The van der Waals surface area contributed by atoms with Crippen LogP contribution >= 0.6 is 11.6 Å². The second-order valence-corrected chi connectivity index (χ2v) is 23.4. The number of sulfone groups is 1. The fraction of sp³-hybridized carbons (Fsp3) is 0.408. The Kier molecular flexibility index (Phi) is 13.8. The summed E-state index contributed by atoms with van der Waals surface area (Å²) in [4.78, 5) is 38.7. The lowest BCUT2D eigenvalue weighted by molar-refractivity contribution is -0.0436. The van der Waals surface area contributed by atoms with E-state index in [2.05, 4.69) is 56.0 Å². The molecule has 2 amide bonds. The van der Waals surface area contributed by atoms with Crippen LogP contribution in [0.25, 0.3) is 16.6 Å². The molecule has 0 radical (unpaired) electrons. The zero-order valence-corrected chi connectivity index (χ0v) is 41.4. The van der Waals surface area contributed by atoms with Gasteiger partial charge < -0.3 is 29.9 Å². The van der Waals surface area contributed by atoms with E-state index >= 15 is 0 Å². The van der Waals surface area contributed by atoms with E-state index in [1.807, 2.05) is 16.9 Å². The van der Waals surface area contributed by atoms with Gasteiger partial charge in [0.05, 0.1) is 22.3 Å². The third-order valence-corrected chi connectivity index (χ3v) is 17.1. The summed E-state index contributed by atoms with van der Waals surface area (Å²) in [6.45, 7) is 9.48. The van der Waals surface area contributed by atoms with Crippen molar-refractivity contribution in [1.82, 2.24) is 29.4 Å². The molecule has 16 nitrogen and oxygen atoms in total. The number of carboxylic acid groups (broad SMARTS) is 1. The average molecular weight is 1040 g/mol. The van der Waals surface area contributed by atoms with Crippen molar-refractivity contribution in [2.75, 3.05) is 69.1 Å². The Morgan fingerprint density at radius 3 is 2.42 bits per heavy atom. The number of sulfonamides is 1. The van der Waals surface area contributed by atoms with Crippen molar-refractivity contribution in [3.05, 3.63) is 107 Å². The number of likely N-dealkylation sites (tertiary alicyclic amines) is 2. The number of fused-ring (bicyclic) bond motifs is 3. The number of alkyl halides is 3. The number of halogens is 4. The molecule has 2 bridgehead atoms. The van der Waals surface area contributed by atoms with Crippen LogP contribution in [0.15, 0.2) is 101 Å².